The molecule has 5 heteroatoms. The zero-order chi connectivity index (χ0) is 15.3. The molecule has 0 aliphatic rings. The second-order valence-corrected chi connectivity index (χ2v) is 6.49. The first kappa shape index (κ1) is 16.7. The molecule has 0 radical (unpaired) electrons. The average molecular weight is 341 g/mol. The molecule has 1 aromatic rings. The Hall–Kier alpha value is -1.33. The van der Waals surface area contributed by atoms with Crippen molar-refractivity contribution >= 4 is 33.8 Å². The van der Waals surface area contributed by atoms with E-state index in [1.54, 1.807) is 0 Å². The van der Waals surface area contributed by atoms with Crippen molar-refractivity contribution in [2.24, 2.45) is 5.73 Å². The Kier molecular flexibility index (Phi) is 5.77. The first-order valence-corrected chi connectivity index (χ1v) is 7.20. The van der Waals surface area contributed by atoms with Gasteiger partial charge in [-0.25, -0.2) is 4.79 Å². The Balaban J connectivity index is 2.92. The van der Waals surface area contributed by atoms with Gasteiger partial charge < -0.3 is 10.5 Å². The highest BCUT2D eigenvalue weighted by atomic mass is 79.9. The van der Waals surface area contributed by atoms with Crippen molar-refractivity contribution in [3.8, 4) is 0 Å². The second-order valence-electron chi connectivity index (χ2n) is 5.58. The van der Waals surface area contributed by atoms with Crippen molar-refractivity contribution in [2.45, 2.75) is 39.3 Å². The average Bonchev–Trinajstić information content (AvgIpc) is 2.24. The molecule has 4 nitrogen and oxygen atoms in total. The van der Waals surface area contributed by atoms with E-state index in [4.69, 9.17) is 10.5 Å². The van der Waals surface area contributed by atoms with Crippen LogP contribution in [0.15, 0.2) is 28.7 Å². The molecule has 0 aromatic heterocycles. The number of amides is 1. The molecule has 0 spiro atoms. The summed E-state index contributed by atoms with van der Waals surface area (Å²) in [4.78, 5) is 11.8. The highest BCUT2D eigenvalue weighted by Gasteiger charge is 2.17. The summed E-state index contributed by atoms with van der Waals surface area (Å²) in [6, 6.07) is 5.58. The van der Waals surface area contributed by atoms with Crippen molar-refractivity contribution in [1.82, 2.24) is 0 Å². The van der Waals surface area contributed by atoms with Gasteiger partial charge in [-0.1, -0.05) is 34.1 Å². The number of nitrogens with two attached hydrogens (primary N) is 1. The first-order valence-electron chi connectivity index (χ1n) is 6.41. The lowest BCUT2D eigenvalue weighted by Gasteiger charge is -2.20. The lowest BCUT2D eigenvalue weighted by Crippen LogP contribution is -2.27. The van der Waals surface area contributed by atoms with Crippen LogP contribution < -0.4 is 11.1 Å². The molecular weight excluding hydrogens is 320 g/mol. The van der Waals surface area contributed by atoms with Crippen LogP contribution in [0.25, 0.3) is 6.08 Å². The number of nitrogens with one attached hydrogen (secondary N) is 1. The summed E-state index contributed by atoms with van der Waals surface area (Å²) in [5.74, 6) is 0. The fraction of sp³-hybridized carbons (Fsp3) is 0.400. The van der Waals surface area contributed by atoms with Crippen LogP contribution in [0.4, 0.5) is 10.5 Å². The van der Waals surface area contributed by atoms with Gasteiger partial charge in [0.25, 0.3) is 0 Å². The first-order chi connectivity index (χ1) is 9.17. The lowest BCUT2D eigenvalue weighted by molar-refractivity contribution is 0.0636. The predicted molar refractivity (Wildman–Crippen MR) is 86.7 cm³/mol. The van der Waals surface area contributed by atoms with Crippen molar-refractivity contribution in [1.29, 1.82) is 0 Å². The number of hydrogen-bond donors (Lipinski definition) is 2. The third-order valence-corrected chi connectivity index (χ3v) is 2.72. The van der Waals surface area contributed by atoms with Crippen LogP contribution in [0.1, 0.15) is 33.3 Å². The Morgan fingerprint density at radius 1 is 1.45 bits per heavy atom. The molecule has 3 N–H and O–H groups in total. The molecule has 0 heterocycles. The molecule has 1 atom stereocenters. The molecule has 20 heavy (non-hydrogen) atoms. The highest BCUT2D eigenvalue weighted by Crippen LogP contribution is 2.23. The maximum atomic E-state index is 11.8. The third-order valence-electron chi connectivity index (χ3n) is 2.23. The van der Waals surface area contributed by atoms with Crippen molar-refractivity contribution in [3.63, 3.8) is 0 Å². The minimum atomic E-state index is -0.530. The van der Waals surface area contributed by atoms with Crippen molar-refractivity contribution in [3.05, 3.63) is 34.3 Å². The molecule has 1 amide bonds. The van der Waals surface area contributed by atoms with Crippen LogP contribution in [0, 0.1) is 0 Å². The largest absolute Gasteiger partial charge is 0.444 e. The van der Waals surface area contributed by atoms with Crippen LogP contribution >= 0.6 is 15.9 Å². The van der Waals surface area contributed by atoms with E-state index < -0.39 is 11.7 Å². The van der Waals surface area contributed by atoms with Crippen LogP contribution in [-0.4, -0.2) is 17.7 Å². The SMILES string of the molecule is CC(N)/C=C/c1ccc(Br)cc1NC(=O)OC(C)(C)C. The lowest BCUT2D eigenvalue weighted by atomic mass is 10.1. The van der Waals surface area contributed by atoms with Crippen LogP contribution in [0.2, 0.25) is 0 Å². The Labute approximate surface area is 128 Å². The number of carbonyl (C=O) groups excluding carboxylic acids is 1. The Bertz CT molecular complexity index is 505. The maximum absolute atomic E-state index is 11.8. The van der Waals surface area contributed by atoms with Gasteiger partial charge in [0.05, 0.1) is 5.69 Å². The molecule has 0 saturated carbocycles. The van der Waals surface area contributed by atoms with E-state index in [-0.39, 0.29) is 6.04 Å². The number of halogens is 1. The number of ether oxygens (including phenoxy) is 1. The van der Waals surface area contributed by atoms with E-state index in [1.807, 2.05) is 58.0 Å². The fourth-order valence-corrected chi connectivity index (χ4v) is 1.81. The van der Waals surface area contributed by atoms with Crippen LogP contribution in [-0.2, 0) is 4.74 Å². The van der Waals surface area contributed by atoms with E-state index in [9.17, 15) is 4.79 Å². The molecular formula is C15H21BrN2O2. The van der Waals surface area contributed by atoms with Gasteiger partial charge in [0, 0.05) is 10.5 Å². The molecule has 110 valence electrons. The summed E-state index contributed by atoms with van der Waals surface area (Å²) in [7, 11) is 0. The number of anilines is 1. The summed E-state index contributed by atoms with van der Waals surface area (Å²) >= 11 is 3.39. The molecule has 1 aromatic carbocycles. The number of rotatable bonds is 3. The molecule has 1 rings (SSSR count). The minimum absolute atomic E-state index is 0.0481. The molecule has 0 aliphatic heterocycles. The molecule has 0 fully saturated rings. The van der Waals surface area contributed by atoms with Gasteiger partial charge in [-0.3, -0.25) is 5.32 Å². The quantitative estimate of drug-likeness (QED) is 0.868. The normalized spacial score (nSPS) is 13.3. The van der Waals surface area contributed by atoms with Gasteiger partial charge in [-0.2, -0.15) is 0 Å². The zero-order valence-electron chi connectivity index (χ0n) is 12.2. The number of hydrogen-bond acceptors (Lipinski definition) is 3. The van der Waals surface area contributed by atoms with Gasteiger partial charge in [0.15, 0.2) is 0 Å². The number of benzene rings is 1. The summed E-state index contributed by atoms with van der Waals surface area (Å²) in [5, 5.41) is 2.75. The molecule has 1 unspecified atom stereocenters. The van der Waals surface area contributed by atoms with Gasteiger partial charge in [0.2, 0.25) is 0 Å². The van der Waals surface area contributed by atoms with E-state index in [0.29, 0.717) is 5.69 Å². The highest BCUT2D eigenvalue weighted by molar-refractivity contribution is 9.10. The summed E-state index contributed by atoms with van der Waals surface area (Å²) in [6.07, 6.45) is 3.26. The van der Waals surface area contributed by atoms with E-state index in [2.05, 4.69) is 21.2 Å². The van der Waals surface area contributed by atoms with E-state index in [0.717, 1.165) is 10.0 Å². The Morgan fingerprint density at radius 3 is 2.65 bits per heavy atom. The zero-order valence-corrected chi connectivity index (χ0v) is 13.8. The molecule has 0 bridgehead atoms. The van der Waals surface area contributed by atoms with Gasteiger partial charge in [0.1, 0.15) is 5.60 Å². The van der Waals surface area contributed by atoms with E-state index >= 15 is 0 Å². The van der Waals surface area contributed by atoms with Gasteiger partial charge in [-0.15, -0.1) is 0 Å². The van der Waals surface area contributed by atoms with Crippen molar-refractivity contribution in [2.75, 3.05) is 5.32 Å². The maximum Gasteiger partial charge on any atom is 0.412 e. The van der Waals surface area contributed by atoms with Crippen LogP contribution in [0.5, 0.6) is 0 Å². The molecule has 0 saturated heterocycles. The summed E-state index contributed by atoms with van der Waals surface area (Å²) in [5.41, 5.74) is 6.71. The summed E-state index contributed by atoms with van der Waals surface area (Å²) in [6.45, 7) is 7.36. The monoisotopic (exact) mass is 340 g/mol. The number of carbonyl (C=O) groups is 1. The van der Waals surface area contributed by atoms with Gasteiger partial charge in [-0.05, 0) is 45.4 Å². The third kappa shape index (κ3) is 6.21. The smallest absolute Gasteiger partial charge is 0.412 e. The van der Waals surface area contributed by atoms with Gasteiger partial charge >= 0.3 is 6.09 Å². The summed E-state index contributed by atoms with van der Waals surface area (Å²) < 4.78 is 6.12. The fourth-order valence-electron chi connectivity index (χ4n) is 1.45. The Morgan fingerprint density at radius 2 is 2.10 bits per heavy atom. The predicted octanol–water partition coefficient (Wildman–Crippen LogP) is 4.16. The molecule has 0 aliphatic carbocycles. The van der Waals surface area contributed by atoms with E-state index in [1.165, 1.54) is 0 Å². The minimum Gasteiger partial charge on any atom is -0.444 e. The standard InChI is InChI=1S/C15H21BrN2O2/c1-10(17)5-6-11-7-8-12(16)9-13(11)18-14(19)20-15(2,3)4/h5-10H,17H2,1-4H3,(H,18,19)/b6-5+. The van der Waals surface area contributed by atoms with Crippen molar-refractivity contribution < 1.29 is 9.53 Å². The topological polar surface area (TPSA) is 64.3 Å². The van der Waals surface area contributed by atoms with Crippen LogP contribution in [0.3, 0.4) is 0 Å². The second kappa shape index (κ2) is 6.90.